The van der Waals surface area contributed by atoms with Crippen LogP contribution in [-0.2, 0) is 6.54 Å². The van der Waals surface area contributed by atoms with Crippen molar-refractivity contribution in [2.24, 2.45) is 0 Å². The van der Waals surface area contributed by atoms with E-state index in [1.165, 1.54) is 0 Å². The van der Waals surface area contributed by atoms with E-state index in [2.05, 4.69) is 9.88 Å². The van der Waals surface area contributed by atoms with E-state index in [4.69, 9.17) is 0 Å². The van der Waals surface area contributed by atoms with Crippen LogP contribution in [0.25, 0.3) is 0 Å². The first-order valence-corrected chi connectivity index (χ1v) is 6.74. The average molecular weight is 291 g/mol. The lowest BCUT2D eigenvalue weighted by Gasteiger charge is -2.34. The Kier molecular flexibility index (Phi) is 3.37. The summed E-state index contributed by atoms with van der Waals surface area (Å²) in [6, 6.07) is 6.32. The van der Waals surface area contributed by atoms with Crippen molar-refractivity contribution < 1.29 is 13.6 Å². The Morgan fingerprint density at radius 3 is 2.90 bits per heavy atom. The molecule has 110 valence electrons. The molecule has 2 amide bonds. The van der Waals surface area contributed by atoms with E-state index in [9.17, 15) is 13.6 Å². The van der Waals surface area contributed by atoms with Gasteiger partial charge in [0.25, 0.3) is 0 Å². The second kappa shape index (κ2) is 5.20. The molecular formula is C15H15F2N3O. The molecule has 0 spiro atoms. The van der Waals surface area contributed by atoms with E-state index in [1.807, 2.05) is 25.3 Å². The number of carbonyl (C=O) groups is 1. The smallest absolute Gasteiger partial charge is 0.322 e. The van der Waals surface area contributed by atoms with Gasteiger partial charge in [-0.1, -0.05) is 0 Å². The van der Waals surface area contributed by atoms with Gasteiger partial charge in [-0.3, -0.25) is 0 Å². The third-order valence-electron chi connectivity index (χ3n) is 3.77. The molecule has 0 aliphatic carbocycles. The zero-order valence-corrected chi connectivity index (χ0v) is 11.5. The molecule has 0 bridgehead atoms. The largest absolute Gasteiger partial charge is 0.348 e. The fraction of sp³-hybridized carbons (Fsp3) is 0.267. The Hall–Kier alpha value is -2.37. The number of aromatic nitrogens is 1. The summed E-state index contributed by atoms with van der Waals surface area (Å²) in [6.45, 7) is 3.11. The van der Waals surface area contributed by atoms with E-state index in [0.717, 1.165) is 23.9 Å². The van der Waals surface area contributed by atoms with Crippen LogP contribution in [0.15, 0.2) is 36.5 Å². The topological polar surface area (TPSA) is 37.3 Å². The normalized spacial score (nSPS) is 17.5. The number of urea groups is 1. The van der Waals surface area contributed by atoms with Gasteiger partial charge in [0.05, 0.1) is 11.7 Å². The molecule has 0 saturated carbocycles. The molecule has 1 aliphatic heterocycles. The Balaban J connectivity index is 1.79. The van der Waals surface area contributed by atoms with Crippen molar-refractivity contribution in [1.29, 1.82) is 0 Å². The number of benzene rings is 1. The van der Waals surface area contributed by atoms with Gasteiger partial charge in [0.15, 0.2) is 0 Å². The maximum absolute atomic E-state index is 13.6. The minimum atomic E-state index is -0.655. The summed E-state index contributed by atoms with van der Waals surface area (Å²) in [7, 11) is 0. The van der Waals surface area contributed by atoms with Crippen molar-refractivity contribution in [1.82, 2.24) is 9.47 Å². The highest BCUT2D eigenvalue weighted by molar-refractivity contribution is 5.89. The third kappa shape index (κ3) is 2.49. The second-order valence-corrected chi connectivity index (χ2v) is 5.05. The van der Waals surface area contributed by atoms with Gasteiger partial charge in [-0.15, -0.1) is 0 Å². The van der Waals surface area contributed by atoms with Crippen LogP contribution in [0, 0.1) is 11.6 Å². The number of fused-ring (bicyclic) bond motifs is 1. The molecule has 1 aromatic heterocycles. The van der Waals surface area contributed by atoms with E-state index >= 15 is 0 Å². The molecule has 1 aromatic carbocycles. The maximum atomic E-state index is 13.6. The van der Waals surface area contributed by atoms with Crippen LogP contribution < -0.4 is 5.32 Å². The number of amides is 2. The number of nitrogens with zero attached hydrogens (tertiary/aromatic N) is 2. The number of hydrogen-bond donors (Lipinski definition) is 1. The molecule has 21 heavy (non-hydrogen) atoms. The molecule has 0 fully saturated rings. The monoisotopic (exact) mass is 291 g/mol. The van der Waals surface area contributed by atoms with Gasteiger partial charge in [-0.25, -0.2) is 13.6 Å². The fourth-order valence-corrected chi connectivity index (χ4v) is 2.64. The summed E-state index contributed by atoms with van der Waals surface area (Å²) in [5, 5.41) is 2.44. The molecule has 3 rings (SSSR count). The lowest BCUT2D eigenvalue weighted by Crippen LogP contribution is -2.43. The predicted octanol–water partition coefficient (Wildman–Crippen LogP) is 3.38. The Labute approximate surface area is 121 Å². The van der Waals surface area contributed by atoms with Crippen molar-refractivity contribution in [3.8, 4) is 0 Å². The van der Waals surface area contributed by atoms with Crippen molar-refractivity contribution in [2.75, 3.05) is 11.9 Å². The summed E-state index contributed by atoms with van der Waals surface area (Å²) >= 11 is 0. The molecule has 1 N–H and O–H groups in total. The van der Waals surface area contributed by atoms with Gasteiger partial charge in [0, 0.05) is 31.0 Å². The molecule has 0 saturated heterocycles. The number of nitrogens with one attached hydrogen (secondary N) is 1. The second-order valence-electron chi connectivity index (χ2n) is 5.05. The summed E-state index contributed by atoms with van der Waals surface area (Å²) < 4.78 is 28.8. The molecule has 0 radical (unpaired) electrons. The van der Waals surface area contributed by atoms with E-state index < -0.39 is 17.7 Å². The van der Waals surface area contributed by atoms with Crippen LogP contribution in [0.1, 0.15) is 18.7 Å². The highest BCUT2D eigenvalue weighted by atomic mass is 19.1. The van der Waals surface area contributed by atoms with Gasteiger partial charge < -0.3 is 14.8 Å². The standard InChI is InChI=1S/C15H15F2N3O/c1-10-14-3-2-6-19(14)7-8-20(10)15(21)18-13-9-11(16)4-5-12(13)17/h2-6,9-10H,7-8H2,1H3,(H,18,21)/t10-/m1/s1. The highest BCUT2D eigenvalue weighted by Gasteiger charge is 2.27. The number of anilines is 1. The highest BCUT2D eigenvalue weighted by Crippen LogP contribution is 2.26. The molecule has 2 aromatic rings. The van der Waals surface area contributed by atoms with Gasteiger partial charge in [0.1, 0.15) is 11.6 Å². The zero-order chi connectivity index (χ0) is 15.0. The van der Waals surface area contributed by atoms with Crippen molar-refractivity contribution in [3.05, 3.63) is 53.9 Å². The number of hydrogen-bond acceptors (Lipinski definition) is 1. The minimum absolute atomic E-state index is 0.120. The minimum Gasteiger partial charge on any atom is -0.348 e. The lowest BCUT2D eigenvalue weighted by molar-refractivity contribution is 0.175. The van der Waals surface area contributed by atoms with Crippen LogP contribution in [0.5, 0.6) is 0 Å². The fourth-order valence-electron chi connectivity index (χ4n) is 2.64. The van der Waals surface area contributed by atoms with Gasteiger partial charge >= 0.3 is 6.03 Å². The first-order chi connectivity index (χ1) is 10.1. The summed E-state index contributed by atoms with van der Waals surface area (Å²) in [5.74, 6) is -1.25. The predicted molar refractivity (Wildman–Crippen MR) is 74.9 cm³/mol. The first kappa shape index (κ1) is 13.6. The van der Waals surface area contributed by atoms with Crippen molar-refractivity contribution in [3.63, 3.8) is 0 Å². The van der Waals surface area contributed by atoms with Crippen LogP contribution in [-0.4, -0.2) is 22.0 Å². The van der Waals surface area contributed by atoms with Crippen molar-refractivity contribution >= 4 is 11.7 Å². The first-order valence-electron chi connectivity index (χ1n) is 6.74. The molecule has 0 unspecified atom stereocenters. The Morgan fingerprint density at radius 2 is 2.10 bits per heavy atom. The summed E-state index contributed by atoms with van der Waals surface area (Å²) in [6.07, 6.45) is 1.97. The quantitative estimate of drug-likeness (QED) is 0.859. The summed E-state index contributed by atoms with van der Waals surface area (Å²) in [4.78, 5) is 13.9. The van der Waals surface area contributed by atoms with Gasteiger partial charge in [0.2, 0.25) is 0 Å². The maximum Gasteiger partial charge on any atom is 0.322 e. The zero-order valence-electron chi connectivity index (χ0n) is 11.5. The number of rotatable bonds is 1. The van der Waals surface area contributed by atoms with Gasteiger partial charge in [-0.05, 0) is 31.2 Å². The molecule has 2 heterocycles. The average Bonchev–Trinajstić information content (AvgIpc) is 2.92. The third-order valence-corrected chi connectivity index (χ3v) is 3.77. The molecule has 4 nitrogen and oxygen atoms in total. The molecular weight excluding hydrogens is 276 g/mol. The van der Waals surface area contributed by atoms with Crippen LogP contribution in [0.4, 0.5) is 19.3 Å². The molecule has 6 heteroatoms. The van der Waals surface area contributed by atoms with Gasteiger partial charge in [-0.2, -0.15) is 0 Å². The van der Waals surface area contributed by atoms with Crippen LogP contribution in [0.2, 0.25) is 0 Å². The van der Waals surface area contributed by atoms with E-state index in [-0.39, 0.29) is 11.7 Å². The molecule has 1 atom stereocenters. The summed E-state index contributed by atoms with van der Waals surface area (Å²) in [5.41, 5.74) is 0.879. The molecule has 1 aliphatic rings. The number of halogens is 2. The van der Waals surface area contributed by atoms with Crippen molar-refractivity contribution in [2.45, 2.75) is 19.5 Å². The van der Waals surface area contributed by atoms with E-state index in [0.29, 0.717) is 13.1 Å². The van der Waals surface area contributed by atoms with Crippen LogP contribution in [0.3, 0.4) is 0 Å². The van der Waals surface area contributed by atoms with E-state index in [1.54, 1.807) is 4.90 Å². The number of carbonyl (C=O) groups excluding carboxylic acids is 1. The Bertz CT molecular complexity index is 683. The lowest BCUT2D eigenvalue weighted by atomic mass is 10.1. The van der Waals surface area contributed by atoms with Crippen LogP contribution >= 0.6 is 0 Å². The SMILES string of the molecule is C[C@@H]1c2cccn2CCN1C(=O)Nc1cc(F)ccc1F. The Morgan fingerprint density at radius 1 is 1.29 bits per heavy atom.